The normalized spacial score (nSPS) is 15.5. The number of carbonyl (C=O) groups excluding carboxylic acids is 3. The predicted octanol–water partition coefficient (Wildman–Crippen LogP) is 4.45. The molecule has 1 aliphatic carbocycles. The molecule has 9 nitrogen and oxygen atoms in total. The van der Waals surface area contributed by atoms with Gasteiger partial charge in [-0.15, -0.1) is 0 Å². The molecule has 2 N–H and O–H groups in total. The van der Waals surface area contributed by atoms with Crippen molar-refractivity contribution in [3.63, 3.8) is 0 Å². The van der Waals surface area contributed by atoms with E-state index in [2.05, 4.69) is 15.6 Å². The summed E-state index contributed by atoms with van der Waals surface area (Å²) >= 11 is 0. The molecule has 9 heteroatoms. The van der Waals surface area contributed by atoms with Gasteiger partial charge >= 0.3 is 0 Å². The molecule has 1 fully saturated rings. The van der Waals surface area contributed by atoms with Crippen molar-refractivity contribution < 1.29 is 28.3 Å². The number of methoxy groups -OCH3 is 2. The third-order valence-electron chi connectivity index (χ3n) is 6.81. The van der Waals surface area contributed by atoms with Crippen molar-refractivity contribution in [1.29, 1.82) is 0 Å². The summed E-state index contributed by atoms with van der Waals surface area (Å²) < 4.78 is 16.2. The van der Waals surface area contributed by atoms with Crippen molar-refractivity contribution in [3.8, 4) is 11.5 Å². The van der Waals surface area contributed by atoms with Crippen LogP contribution in [0.2, 0.25) is 0 Å². The summed E-state index contributed by atoms with van der Waals surface area (Å²) in [5.41, 5.74) is 0.273. The Balaban J connectivity index is 1.57. The number of rotatable bonds is 10. The Morgan fingerprint density at radius 3 is 2.32 bits per heavy atom. The van der Waals surface area contributed by atoms with Crippen molar-refractivity contribution in [2.45, 2.75) is 63.5 Å². The average molecular weight is 508 g/mol. The van der Waals surface area contributed by atoms with E-state index < -0.39 is 17.5 Å². The molecule has 2 aromatic carbocycles. The van der Waals surface area contributed by atoms with E-state index in [1.54, 1.807) is 36.4 Å². The lowest BCUT2D eigenvalue weighted by atomic mass is 9.80. The predicted molar refractivity (Wildman–Crippen MR) is 138 cm³/mol. The minimum atomic E-state index is -1.14. The minimum Gasteiger partial charge on any atom is -0.497 e. The largest absolute Gasteiger partial charge is 0.497 e. The zero-order valence-corrected chi connectivity index (χ0v) is 21.5. The first-order chi connectivity index (χ1) is 17.9. The van der Waals surface area contributed by atoms with Crippen LogP contribution in [0.4, 0.5) is 0 Å². The number of Topliss-reactive ketones (excluding diaryl/α,β-unsaturated/α-hetero) is 1. The van der Waals surface area contributed by atoms with Crippen LogP contribution in [0, 0.1) is 0 Å². The van der Waals surface area contributed by atoms with E-state index in [0.717, 1.165) is 19.3 Å². The van der Waals surface area contributed by atoms with Gasteiger partial charge < -0.3 is 24.5 Å². The maximum Gasteiger partial charge on any atom is 0.266 e. The molecule has 0 spiro atoms. The van der Waals surface area contributed by atoms with Crippen LogP contribution in [0.5, 0.6) is 11.5 Å². The average Bonchev–Trinajstić information content (AvgIpc) is 3.37. The second-order valence-corrected chi connectivity index (χ2v) is 9.36. The van der Waals surface area contributed by atoms with Crippen LogP contribution in [0.3, 0.4) is 0 Å². The number of benzene rings is 2. The summed E-state index contributed by atoms with van der Waals surface area (Å²) in [6, 6.07) is 11.2. The number of hydrogen-bond donors (Lipinski definition) is 2. The molecule has 2 amide bonds. The minimum absolute atomic E-state index is 0.0369. The molecule has 0 radical (unpaired) electrons. The Kier molecular flexibility index (Phi) is 8.11. The Hall–Kier alpha value is -3.88. The van der Waals surface area contributed by atoms with Gasteiger partial charge in [0.15, 0.2) is 5.58 Å². The van der Waals surface area contributed by atoms with Gasteiger partial charge in [0.2, 0.25) is 11.7 Å². The molecule has 196 valence electrons. The fraction of sp³-hybridized carbons (Fsp3) is 0.429. The summed E-state index contributed by atoms with van der Waals surface area (Å²) in [6.07, 6.45) is 4.57. The number of ether oxygens (including phenoxy) is 2. The van der Waals surface area contributed by atoms with Gasteiger partial charge in [0, 0.05) is 11.6 Å². The quantitative estimate of drug-likeness (QED) is 0.389. The topological polar surface area (TPSA) is 120 Å². The van der Waals surface area contributed by atoms with Crippen LogP contribution in [0.1, 0.15) is 72.9 Å². The monoisotopic (exact) mass is 507 g/mol. The maximum atomic E-state index is 13.7. The van der Waals surface area contributed by atoms with Crippen molar-refractivity contribution in [1.82, 2.24) is 15.6 Å². The summed E-state index contributed by atoms with van der Waals surface area (Å²) in [7, 11) is 3.02. The standard InChI is InChI=1S/C28H33N3O6/c1-4-10-22(24(32)26-29-21-11-6-7-12-23(21)37-26)30-27(34)28(13-8-5-9-14-28)31-25(33)18-15-19(35-2)17-20(16-18)36-3/h6-7,11-12,15-17,22H,4-5,8-10,13-14H2,1-3H3,(H,30,34)(H,31,33)/t22-/m0/s1. The Morgan fingerprint density at radius 1 is 1.03 bits per heavy atom. The highest BCUT2D eigenvalue weighted by atomic mass is 16.5. The van der Waals surface area contributed by atoms with Gasteiger partial charge in [-0.05, 0) is 43.5 Å². The molecular formula is C28H33N3O6. The lowest BCUT2D eigenvalue weighted by Crippen LogP contribution is -2.62. The van der Waals surface area contributed by atoms with Gasteiger partial charge in [0.25, 0.3) is 11.8 Å². The van der Waals surface area contributed by atoms with Crippen molar-refractivity contribution >= 4 is 28.7 Å². The lowest BCUT2D eigenvalue weighted by molar-refractivity contribution is -0.129. The van der Waals surface area contributed by atoms with Crippen molar-refractivity contribution in [2.75, 3.05) is 14.2 Å². The van der Waals surface area contributed by atoms with Crippen LogP contribution in [0.15, 0.2) is 46.9 Å². The van der Waals surface area contributed by atoms with E-state index in [-0.39, 0.29) is 17.6 Å². The molecule has 4 rings (SSSR count). The number of fused-ring (bicyclic) bond motifs is 1. The number of amides is 2. The van der Waals surface area contributed by atoms with Crippen molar-refractivity contribution in [2.24, 2.45) is 0 Å². The highest BCUT2D eigenvalue weighted by Crippen LogP contribution is 2.30. The first-order valence-electron chi connectivity index (χ1n) is 12.7. The molecule has 1 aliphatic rings. The van der Waals surface area contributed by atoms with Gasteiger partial charge in [-0.3, -0.25) is 14.4 Å². The molecule has 0 unspecified atom stereocenters. The number of nitrogens with one attached hydrogen (secondary N) is 2. The highest BCUT2D eigenvalue weighted by molar-refractivity contribution is 6.03. The number of ketones is 1. The molecule has 3 aromatic rings. The van der Waals surface area contributed by atoms with Crippen LogP contribution in [0.25, 0.3) is 11.1 Å². The van der Waals surface area contributed by atoms with E-state index in [4.69, 9.17) is 13.9 Å². The Bertz CT molecular complexity index is 1220. The third-order valence-corrected chi connectivity index (χ3v) is 6.81. The Labute approximate surface area is 215 Å². The van der Waals surface area contributed by atoms with Gasteiger partial charge in [-0.25, -0.2) is 4.98 Å². The molecule has 0 bridgehead atoms. The van der Waals surface area contributed by atoms with Crippen LogP contribution >= 0.6 is 0 Å². The smallest absolute Gasteiger partial charge is 0.266 e. The lowest BCUT2D eigenvalue weighted by Gasteiger charge is -2.37. The number of para-hydroxylation sites is 2. The molecule has 0 saturated heterocycles. The number of oxazole rings is 1. The SMILES string of the molecule is CCC[C@H](NC(=O)C1(NC(=O)c2cc(OC)cc(OC)c2)CCCCC1)C(=O)c1nc2ccccc2o1. The van der Waals surface area contributed by atoms with E-state index in [1.807, 2.05) is 13.0 Å². The number of carbonyl (C=O) groups is 3. The van der Waals surface area contributed by atoms with Crippen LogP contribution in [-0.2, 0) is 4.79 Å². The molecule has 1 saturated carbocycles. The molecule has 37 heavy (non-hydrogen) atoms. The van der Waals surface area contributed by atoms with E-state index in [9.17, 15) is 14.4 Å². The summed E-state index contributed by atoms with van der Waals surface area (Å²) in [5, 5.41) is 5.91. The Morgan fingerprint density at radius 2 is 1.70 bits per heavy atom. The third kappa shape index (κ3) is 5.76. The van der Waals surface area contributed by atoms with Gasteiger partial charge in [-0.2, -0.15) is 0 Å². The zero-order chi connectivity index (χ0) is 26.4. The van der Waals surface area contributed by atoms with E-state index >= 15 is 0 Å². The summed E-state index contributed by atoms with van der Waals surface area (Å²) in [4.78, 5) is 44.7. The van der Waals surface area contributed by atoms with Gasteiger partial charge in [0.1, 0.15) is 22.6 Å². The van der Waals surface area contributed by atoms with Crippen LogP contribution in [-0.4, -0.2) is 48.4 Å². The number of hydrogen-bond acceptors (Lipinski definition) is 7. The molecular weight excluding hydrogens is 474 g/mol. The summed E-state index contributed by atoms with van der Waals surface area (Å²) in [5.74, 6) is -0.270. The molecule has 0 aliphatic heterocycles. The van der Waals surface area contributed by atoms with Crippen LogP contribution < -0.4 is 20.1 Å². The summed E-state index contributed by atoms with van der Waals surface area (Å²) in [6.45, 7) is 1.94. The molecule has 1 heterocycles. The first-order valence-corrected chi connectivity index (χ1v) is 12.7. The maximum absolute atomic E-state index is 13.7. The zero-order valence-electron chi connectivity index (χ0n) is 21.5. The number of nitrogens with zero attached hydrogens (tertiary/aromatic N) is 1. The van der Waals surface area contributed by atoms with Gasteiger partial charge in [-0.1, -0.05) is 44.7 Å². The van der Waals surface area contributed by atoms with Crippen molar-refractivity contribution in [3.05, 3.63) is 53.9 Å². The fourth-order valence-electron chi connectivity index (χ4n) is 4.77. The highest BCUT2D eigenvalue weighted by Gasteiger charge is 2.42. The van der Waals surface area contributed by atoms with E-state index in [0.29, 0.717) is 53.8 Å². The second-order valence-electron chi connectivity index (χ2n) is 9.36. The van der Waals surface area contributed by atoms with E-state index in [1.165, 1.54) is 14.2 Å². The molecule has 1 aromatic heterocycles. The molecule has 1 atom stereocenters. The number of aromatic nitrogens is 1. The first kappa shape index (κ1) is 26.2. The second kappa shape index (κ2) is 11.5. The fourth-order valence-corrected chi connectivity index (χ4v) is 4.77. The van der Waals surface area contributed by atoms with Gasteiger partial charge in [0.05, 0.1) is 20.3 Å².